The fraction of sp³-hybridized carbons (Fsp3) is 0.853. The minimum Gasteiger partial charge on any atom is -0.465 e. The summed E-state index contributed by atoms with van der Waals surface area (Å²) in [5, 5.41) is 0. The molecule has 11 nitrogen and oxygen atoms in total. The van der Waals surface area contributed by atoms with Crippen molar-refractivity contribution >= 4 is 30.0 Å². The van der Waals surface area contributed by atoms with E-state index in [-0.39, 0.29) is 57.4 Å². The van der Waals surface area contributed by atoms with Gasteiger partial charge in [0.25, 0.3) is 0 Å². The van der Waals surface area contributed by atoms with Gasteiger partial charge in [0.15, 0.2) is 0 Å². The Morgan fingerprint density at radius 1 is 0.600 bits per heavy atom. The highest BCUT2D eigenvalue weighted by Gasteiger charge is 2.44. The third kappa shape index (κ3) is 19.3. The highest BCUT2D eigenvalue weighted by Crippen LogP contribution is 2.28. The van der Waals surface area contributed by atoms with Gasteiger partial charge < -0.3 is 23.7 Å². The van der Waals surface area contributed by atoms with Crippen molar-refractivity contribution in [3.63, 3.8) is 0 Å². The molecule has 1 aliphatic heterocycles. The normalized spacial score (nSPS) is 15.7. The van der Waals surface area contributed by atoms with Crippen LogP contribution in [0.1, 0.15) is 137 Å². The molecule has 1 saturated heterocycles. The van der Waals surface area contributed by atoms with Crippen molar-refractivity contribution in [3.05, 3.63) is 0 Å². The Labute approximate surface area is 270 Å². The summed E-state index contributed by atoms with van der Waals surface area (Å²) in [6.45, 7) is 7.61. The van der Waals surface area contributed by atoms with Crippen molar-refractivity contribution in [1.82, 2.24) is 4.90 Å². The van der Waals surface area contributed by atoms with Crippen molar-refractivity contribution in [2.75, 3.05) is 33.0 Å². The average molecular weight is 642 g/mol. The second-order valence-electron chi connectivity index (χ2n) is 12.0. The molecular formula is C34H59NO10. The van der Waals surface area contributed by atoms with Crippen LogP contribution < -0.4 is 0 Å². The molecule has 0 saturated carbocycles. The molecule has 1 aliphatic rings. The van der Waals surface area contributed by atoms with Crippen molar-refractivity contribution in [1.29, 1.82) is 0 Å². The van der Waals surface area contributed by atoms with Gasteiger partial charge in [-0.2, -0.15) is 0 Å². The molecule has 0 aliphatic carbocycles. The lowest BCUT2D eigenvalue weighted by Crippen LogP contribution is -2.62. The van der Waals surface area contributed by atoms with Crippen LogP contribution in [0.25, 0.3) is 0 Å². The van der Waals surface area contributed by atoms with Gasteiger partial charge in [0.1, 0.15) is 13.2 Å². The first-order chi connectivity index (χ1) is 21.7. The van der Waals surface area contributed by atoms with Gasteiger partial charge in [-0.25, -0.2) is 4.79 Å². The van der Waals surface area contributed by atoms with Gasteiger partial charge in [-0.05, 0) is 25.7 Å². The Bertz CT molecular complexity index is 832. The molecule has 0 bridgehead atoms. The number of carbonyl (C=O) groups excluding carboxylic acids is 5. The maximum atomic E-state index is 12.8. The lowest BCUT2D eigenvalue weighted by atomic mass is 9.94. The summed E-state index contributed by atoms with van der Waals surface area (Å²) in [5.41, 5.74) is 0. The van der Waals surface area contributed by atoms with Crippen LogP contribution in [0.5, 0.6) is 0 Å². The lowest BCUT2D eigenvalue weighted by Gasteiger charge is -2.46. The van der Waals surface area contributed by atoms with E-state index in [4.69, 9.17) is 23.7 Å². The van der Waals surface area contributed by atoms with E-state index in [1.54, 1.807) is 0 Å². The molecule has 0 spiro atoms. The van der Waals surface area contributed by atoms with Crippen LogP contribution in [0.3, 0.4) is 0 Å². The van der Waals surface area contributed by atoms with E-state index < -0.39 is 30.0 Å². The number of unbranched alkanes of at least 4 members (excludes halogenated alkanes) is 10. The minimum atomic E-state index is -0.553. The van der Waals surface area contributed by atoms with Crippen LogP contribution in [0.4, 0.5) is 4.79 Å². The van der Waals surface area contributed by atoms with Gasteiger partial charge >= 0.3 is 30.0 Å². The predicted octanol–water partition coefficient (Wildman–Crippen LogP) is 6.68. The van der Waals surface area contributed by atoms with Crippen LogP contribution in [0.2, 0.25) is 0 Å². The number of nitrogens with zero attached hydrogens (tertiary/aromatic N) is 1. The number of likely N-dealkylation sites (tertiary alicyclic amines) is 1. The van der Waals surface area contributed by atoms with Crippen LogP contribution in [-0.4, -0.2) is 80.0 Å². The van der Waals surface area contributed by atoms with E-state index in [0.29, 0.717) is 25.7 Å². The molecule has 0 aromatic carbocycles. The van der Waals surface area contributed by atoms with Crippen molar-refractivity contribution in [3.8, 4) is 0 Å². The number of hydrogen-bond donors (Lipinski definition) is 0. The minimum absolute atomic E-state index is 0.0390. The maximum Gasteiger partial charge on any atom is 0.410 e. The van der Waals surface area contributed by atoms with Crippen molar-refractivity contribution in [2.24, 2.45) is 5.92 Å². The summed E-state index contributed by atoms with van der Waals surface area (Å²) < 4.78 is 26.7. The number of esters is 4. The van der Waals surface area contributed by atoms with Crippen LogP contribution in [0.15, 0.2) is 0 Å². The number of amides is 1. The monoisotopic (exact) mass is 641 g/mol. The second kappa shape index (κ2) is 25.4. The van der Waals surface area contributed by atoms with Crippen LogP contribution >= 0.6 is 0 Å². The first-order valence-electron chi connectivity index (χ1n) is 17.3. The number of ether oxygens (including phenoxy) is 5. The third-order valence-corrected chi connectivity index (χ3v) is 7.77. The largest absolute Gasteiger partial charge is 0.465 e. The molecule has 0 aromatic rings. The first-order valence-corrected chi connectivity index (χ1v) is 17.3. The quantitative estimate of drug-likeness (QED) is 0.0572. The SMILES string of the molecule is CCCCCCCCC(=O)OCC(COC(=O)CCCCCCCC)CC(=O)OCC1CC(COC(C)=O)N1C(=O)OCCC. The number of hydrogen-bond acceptors (Lipinski definition) is 10. The molecular weight excluding hydrogens is 582 g/mol. The molecule has 0 radical (unpaired) electrons. The standard InChI is InChI=1S/C34H59NO10/c1-5-8-10-12-14-16-18-31(37)43-23-28(24-44-32(38)19-17-15-13-11-9-6-2)21-33(39)45-26-30-22-29(25-42-27(4)36)35(30)34(40)41-20-7-3/h28-30H,5-26H2,1-4H3. The van der Waals surface area contributed by atoms with E-state index in [0.717, 1.165) is 64.2 Å². The highest BCUT2D eigenvalue weighted by atomic mass is 16.6. The zero-order valence-corrected chi connectivity index (χ0v) is 28.3. The molecule has 11 heteroatoms. The average Bonchev–Trinajstić information content (AvgIpc) is 2.99. The summed E-state index contributed by atoms with van der Waals surface area (Å²) in [5.74, 6) is -2.22. The summed E-state index contributed by atoms with van der Waals surface area (Å²) in [7, 11) is 0. The van der Waals surface area contributed by atoms with Gasteiger partial charge in [-0.15, -0.1) is 0 Å². The Kier molecular flexibility index (Phi) is 22.6. The molecule has 0 N–H and O–H groups in total. The fourth-order valence-electron chi connectivity index (χ4n) is 5.09. The van der Waals surface area contributed by atoms with Crippen molar-refractivity contribution in [2.45, 2.75) is 149 Å². The Morgan fingerprint density at radius 2 is 1.09 bits per heavy atom. The smallest absolute Gasteiger partial charge is 0.410 e. The topological polar surface area (TPSA) is 135 Å². The molecule has 260 valence electrons. The van der Waals surface area contributed by atoms with Gasteiger partial charge in [0.05, 0.1) is 38.3 Å². The Balaban J connectivity index is 2.62. The molecule has 45 heavy (non-hydrogen) atoms. The lowest BCUT2D eigenvalue weighted by molar-refractivity contribution is -0.157. The van der Waals surface area contributed by atoms with Crippen LogP contribution in [0, 0.1) is 5.92 Å². The molecule has 0 aromatic heterocycles. The zero-order chi connectivity index (χ0) is 33.3. The summed E-state index contributed by atoms with van der Waals surface area (Å²) >= 11 is 0. The Hall–Kier alpha value is -2.85. The molecule has 1 heterocycles. The van der Waals surface area contributed by atoms with Gasteiger partial charge in [-0.1, -0.05) is 85.0 Å². The van der Waals surface area contributed by atoms with Gasteiger partial charge in [0.2, 0.25) is 0 Å². The Morgan fingerprint density at radius 3 is 1.58 bits per heavy atom. The third-order valence-electron chi connectivity index (χ3n) is 7.77. The summed E-state index contributed by atoms with van der Waals surface area (Å²) in [4.78, 5) is 62.8. The first kappa shape index (κ1) is 40.2. The highest BCUT2D eigenvalue weighted by molar-refractivity contribution is 5.72. The number of rotatable bonds is 26. The predicted molar refractivity (Wildman–Crippen MR) is 169 cm³/mol. The zero-order valence-electron chi connectivity index (χ0n) is 28.3. The number of carbonyl (C=O) groups is 5. The molecule has 2 atom stereocenters. The van der Waals surface area contributed by atoms with E-state index in [2.05, 4.69) is 13.8 Å². The maximum absolute atomic E-state index is 12.8. The fourth-order valence-corrected chi connectivity index (χ4v) is 5.09. The van der Waals surface area contributed by atoms with Gasteiger partial charge in [0, 0.05) is 25.7 Å². The summed E-state index contributed by atoms with van der Waals surface area (Å²) in [6.07, 6.45) is 13.7. The van der Waals surface area contributed by atoms with Crippen molar-refractivity contribution < 1.29 is 47.7 Å². The molecule has 1 rings (SSSR count). The molecule has 1 fully saturated rings. The van der Waals surface area contributed by atoms with E-state index in [9.17, 15) is 24.0 Å². The second-order valence-corrected chi connectivity index (χ2v) is 12.0. The summed E-state index contributed by atoms with van der Waals surface area (Å²) in [6, 6.07) is -0.769. The van der Waals surface area contributed by atoms with Gasteiger partial charge in [-0.3, -0.25) is 24.1 Å². The molecule has 1 amide bonds. The van der Waals surface area contributed by atoms with E-state index in [1.807, 2.05) is 6.92 Å². The van der Waals surface area contributed by atoms with Crippen LogP contribution in [-0.2, 0) is 42.9 Å². The van der Waals surface area contributed by atoms with E-state index >= 15 is 0 Å². The van der Waals surface area contributed by atoms with E-state index in [1.165, 1.54) is 24.7 Å². The molecule has 2 unspecified atom stereocenters.